The fraction of sp³-hybridized carbons (Fsp3) is 0.310. The second-order valence-electron chi connectivity index (χ2n) is 9.09. The number of hydrogen-bond acceptors (Lipinski definition) is 5. The van der Waals surface area contributed by atoms with Gasteiger partial charge in [0.1, 0.15) is 18.3 Å². The monoisotopic (exact) mass is 605 g/mol. The normalized spacial score (nSPS) is 11.9. The number of anilines is 1. The first-order valence-electron chi connectivity index (χ1n) is 12.8. The van der Waals surface area contributed by atoms with Gasteiger partial charge in [0.15, 0.2) is 0 Å². The summed E-state index contributed by atoms with van der Waals surface area (Å²) >= 11 is 12.7. The van der Waals surface area contributed by atoms with Gasteiger partial charge in [0.05, 0.1) is 27.7 Å². The number of halogens is 2. The smallest absolute Gasteiger partial charge is 0.264 e. The molecule has 1 N–H and O–H groups in total. The fourth-order valence-corrected chi connectivity index (χ4v) is 6.09. The van der Waals surface area contributed by atoms with Crippen molar-refractivity contribution >= 4 is 50.7 Å². The average Bonchev–Trinajstić information content (AvgIpc) is 2.93. The molecule has 2 amide bonds. The molecule has 0 aliphatic carbocycles. The van der Waals surface area contributed by atoms with Gasteiger partial charge < -0.3 is 15.0 Å². The first-order chi connectivity index (χ1) is 19.0. The molecule has 40 heavy (non-hydrogen) atoms. The Morgan fingerprint density at radius 3 is 2.30 bits per heavy atom. The molecule has 0 aliphatic rings. The Kier molecular flexibility index (Phi) is 10.8. The molecule has 0 unspecified atom stereocenters. The van der Waals surface area contributed by atoms with Gasteiger partial charge in [0, 0.05) is 13.1 Å². The van der Waals surface area contributed by atoms with Crippen molar-refractivity contribution in [1.29, 1.82) is 0 Å². The van der Waals surface area contributed by atoms with Crippen LogP contribution in [0.25, 0.3) is 0 Å². The highest BCUT2D eigenvalue weighted by Crippen LogP contribution is 2.35. The van der Waals surface area contributed by atoms with Crippen molar-refractivity contribution in [3.8, 4) is 5.75 Å². The predicted octanol–water partition coefficient (Wildman–Crippen LogP) is 5.45. The van der Waals surface area contributed by atoms with Gasteiger partial charge >= 0.3 is 0 Å². The van der Waals surface area contributed by atoms with Gasteiger partial charge in [-0.1, -0.05) is 66.0 Å². The number of methoxy groups -OCH3 is 1. The summed E-state index contributed by atoms with van der Waals surface area (Å²) in [5.74, 6) is -0.340. The maximum Gasteiger partial charge on any atom is 0.264 e. The summed E-state index contributed by atoms with van der Waals surface area (Å²) in [6.45, 7) is 5.23. The third-order valence-corrected chi connectivity index (χ3v) is 8.89. The quantitative estimate of drug-likeness (QED) is 0.296. The van der Waals surface area contributed by atoms with Crippen LogP contribution < -0.4 is 14.4 Å². The average molecular weight is 607 g/mol. The minimum absolute atomic E-state index is 0.0113. The summed E-state index contributed by atoms with van der Waals surface area (Å²) in [6, 6.07) is 17.1. The number of carbonyl (C=O) groups is 2. The Balaban J connectivity index is 2.11. The molecule has 214 valence electrons. The molecule has 0 radical (unpaired) electrons. The van der Waals surface area contributed by atoms with Crippen molar-refractivity contribution in [1.82, 2.24) is 10.2 Å². The molecule has 0 aliphatic heterocycles. The molecular weight excluding hydrogens is 573 g/mol. The van der Waals surface area contributed by atoms with E-state index in [0.717, 1.165) is 9.87 Å². The van der Waals surface area contributed by atoms with E-state index in [4.69, 9.17) is 27.9 Å². The molecule has 0 fully saturated rings. The fourth-order valence-electron chi connectivity index (χ4n) is 4.21. The van der Waals surface area contributed by atoms with Gasteiger partial charge in [-0.05, 0) is 62.2 Å². The highest BCUT2D eigenvalue weighted by atomic mass is 35.5. The van der Waals surface area contributed by atoms with E-state index in [9.17, 15) is 18.0 Å². The van der Waals surface area contributed by atoms with E-state index in [0.29, 0.717) is 24.3 Å². The third kappa shape index (κ3) is 7.27. The Hall–Kier alpha value is -3.27. The molecule has 0 saturated carbocycles. The van der Waals surface area contributed by atoms with Gasteiger partial charge in [-0.15, -0.1) is 0 Å². The lowest BCUT2D eigenvalue weighted by Crippen LogP contribution is -2.52. The number of nitrogens with one attached hydrogen (secondary N) is 1. The Morgan fingerprint density at radius 2 is 1.68 bits per heavy atom. The van der Waals surface area contributed by atoms with E-state index in [1.165, 1.54) is 36.3 Å². The standard InChI is InChI=1S/C29H33Cl2N3O5S/c1-5-25(29(36)32-6-2)33(18-21-9-7-10-22(17-21)39-4)27(35)19-34(26-12-8-11-24(30)28(26)31)40(37,38)23-15-13-20(3)14-16-23/h7-17,25H,5-6,18-19H2,1-4H3,(H,32,36)/t25-/m1/s1. The van der Waals surface area contributed by atoms with E-state index in [2.05, 4.69) is 5.32 Å². The molecular formula is C29H33Cl2N3O5S. The molecule has 11 heteroatoms. The van der Waals surface area contributed by atoms with Gasteiger partial charge in [-0.2, -0.15) is 0 Å². The number of amides is 2. The molecule has 0 bridgehead atoms. The van der Waals surface area contributed by atoms with Gasteiger partial charge in [0.25, 0.3) is 10.0 Å². The van der Waals surface area contributed by atoms with Crippen molar-refractivity contribution in [3.05, 3.63) is 87.9 Å². The van der Waals surface area contributed by atoms with E-state index in [-0.39, 0.29) is 33.1 Å². The molecule has 8 nitrogen and oxygen atoms in total. The number of rotatable bonds is 12. The van der Waals surface area contributed by atoms with Crippen LogP contribution in [-0.2, 0) is 26.2 Å². The van der Waals surface area contributed by atoms with Crippen molar-refractivity contribution in [2.45, 2.75) is 44.7 Å². The molecule has 1 atom stereocenters. The molecule has 3 rings (SSSR count). The molecule has 0 heterocycles. The van der Waals surface area contributed by atoms with Gasteiger partial charge in [-0.25, -0.2) is 8.42 Å². The van der Waals surface area contributed by atoms with Crippen LogP contribution in [0, 0.1) is 6.92 Å². The SMILES string of the molecule is CCNC(=O)[C@@H](CC)N(Cc1cccc(OC)c1)C(=O)CN(c1cccc(Cl)c1Cl)S(=O)(=O)c1ccc(C)cc1. The minimum Gasteiger partial charge on any atom is -0.497 e. The van der Waals surface area contributed by atoms with Crippen LogP contribution in [-0.4, -0.2) is 51.4 Å². The van der Waals surface area contributed by atoms with Crippen LogP contribution in [0.5, 0.6) is 5.75 Å². The number of likely N-dealkylation sites (N-methyl/N-ethyl adjacent to an activating group) is 1. The third-order valence-electron chi connectivity index (χ3n) is 6.31. The number of carbonyl (C=O) groups excluding carboxylic acids is 2. The van der Waals surface area contributed by atoms with Crippen molar-refractivity contribution in [2.24, 2.45) is 0 Å². The lowest BCUT2D eigenvalue weighted by molar-refractivity contribution is -0.140. The summed E-state index contributed by atoms with van der Waals surface area (Å²) in [6.07, 6.45) is 0.310. The lowest BCUT2D eigenvalue weighted by atomic mass is 10.1. The summed E-state index contributed by atoms with van der Waals surface area (Å²) in [5.41, 5.74) is 1.64. The van der Waals surface area contributed by atoms with Crippen LogP contribution >= 0.6 is 23.2 Å². The topological polar surface area (TPSA) is 96.0 Å². The highest BCUT2D eigenvalue weighted by Gasteiger charge is 2.34. The molecule has 0 saturated heterocycles. The van der Waals surface area contributed by atoms with Crippen LogP contribution in [0.4, 0.5) is 5.69 Å². The van der Waals surface area contributed by atoms with Crippen molar-refractivity contribution < 1.29 is 22.7 Å². The van der Waals surface area contributed by atoms with Gasteiger partial charge in [0.2, 0.25) is 11.8 Å². The van der Waals surface area contributed by atoms with E-state index < -0.39 is 28.5 Å². The molecule has 3 aromatic carbocycles. The maximum absolute atomic E-state index is 14.1. The lowest BCUT2D eigenvalue weighted by Gasteiger charge is -2.33. The van der Waals surface area contributed by atoms with Crippen LogP contribution in [0.1, 0.15) is 31.4 Å². The summed E-state index contributed by atoms with van der Waals surface area (Å²) < 4.78 is 34.1. The van der Waals surface area contributed by atoms with Crippen LogP contribution in [0.2, 0.25) is 10.0 Å². The first-order valence-corrected chi connectivity index (χ1v) is 15.0. The van der Waals surface area contributed by atoms with Gasteiger partial charge in [-0.3, -0.25) is 13.9 Å². The van der Waals surface area contributed by atoms with E-state index >= 15 is 0 Å². The number of hydrogen-bond donors (Lipinski definition) is 1. The number of ether oxygens (including phenoxy) is 1. The molecule has 0 aromatic heterocycles. The number of sulfonamides is 1. The molecule has 0 spiro atoms. The minimum atomic E-state index is -4.26. The van der Waals surface area contributed by atoms with Crippen LogP contribution in [0.3, 0.4) is 0 Å². The summed E-state index contributed by atoms with van der Waals surface area (Å²) in [7, 11) is -2.73. The van der Waals surface area contributed by atoms with Crippen LogP contribution in [0.15, 0.2) is 71.6 Å². The Bertz CT molecular complexity index is 1450. The van der Waals surface area contributed by atoms with E-state index in [1.807, 2.05) is 13.0 Å². The zero-order valence-electron chi connectivity index (χ0n) is 22.9. The number of benzene rings is 3. The van der Waals surface area contributed by atoms with Crippen molar-refractivity contribution in [3.63, 3.8) is 0 Å². The zero-order valence-corrected chi connectivity index (χ0v) is 25.2. The largest absolute Gasteiger partial charge is 0.497 e. The highest BCUT2D eigenvalue weighted by molar-refractivity contribution is 7.92. The Morgan fingerprint density at radius 1 is 1.00 bits per heavy atom. The second-order valence-corrected chi connectivity index (χ2v) is 11.7. The van der Waals surface area contributed by atoms with Crippen molar-refractivity contribution in [2.75, 3.05) is 24.5 Å². The first kappa shape index (κ1) is 31.3. The summed E-state index contributed by atoms with van der Waals surface area (Å²) in [5, 5.41) is 2.90. The predicted molar refractivity (Wildman–Crippen MR) is 158 cm³/mol. The Labute approximate surface area is 245 Å². The maximum atomic E-state index is 14.1. The summed E-state index contributed by atoms with van der Waals surface area (Å²) in [4.78, 5) is 28.5. The molecule has 3 aromatic rings. The number of nitrogens with zero attached hydrogens (tertiary/aromatic N) is 2. The van der Waals surface area contributed by atoms with E-state index in [1.54, 1.807) is 50.2 Å². The second kappa shape index (κ2) is 13.9. The zero-order chi connectivity index (χ0) is 29.4. The number of aryl methyl sites for hydroxylation is 1.